The van der Waals surface area contributed by atoms with Crippen molar-refractivity contribution in [3.05, 3.63) is 120 Å². The number of benzene rings is 3. The number of phenols is 1. The molecular weight excluding hydrogens is 430 g/mol. The maximum atomic E-state index is 13.4. The number of amides is 1. The Morgan fingerprint density at radius 3 is 2.21 bits per heavy atom. The summed E-state index contributed by atoms with van der Waals surface area (Å²) < 4.78 is 5.92. The minimum Gasteiger partial charge on any atom is -0.508 e. The van der Waals surface area contributed by atoms with Crippen molar-refractivity contribution in [1.82, 2.24) is 0 Å². The van der Waals surface area contributed by atoms with E-state index in [1.807, 2.05) is 36.4 Å². The zero-order valence-electron chi connectivity index (χ0n) is 17.9. The molecule has 1 amide bonds. The molecule has 0 bridgehead atoms. The highest BCUT2D eigenvalue weighted by atomic mass is 16.4. The van der Waals surface area contributed by atoms with E-state index in [2.05, 4.69) is 0 Å². The monoisotopic (exact) mass is 449 g/mol. The highest BCUT2D eigenvalue weighted by Gasteiger charge is 2.30. The third kappa shape index (κ3) is 4.00. The third-order valence-electron chi connectivity index (χ3n) is 5.50. The molecule has 6 nitrogen and oxygen atoms in total. The fraction of sp³-hybridized carbons (Fsp3) is 0. The highest BCUT2D eigenvalue weighted by molar-refractivity contribution is 6.23. The molecule has 1 aliphatic heterocycles. The number of aromatic carboxylic acids is 1. The molecule has 34 heavy (non-hydrogen) atoms. The van der Waals surface area contributed by atoms with E-state index in [1.165, 1.54) is 12.1 Å². The molecule has 166 valence electrons. The minimum absolute atomic E-state index is 0.147. The number of carbonyl (C=O) groups is 2. The number of anilines is 1. The van der Waals surface area contributed by atoms with Crippen LogP contribution in [0.25, 0.3) is 23.1 Å². The summed E-state index contributed by atoms with van der Waals surface area (Å²) in [6, 6.07) is 26.0. The molecule has 4 aromatic rings. The average Bonchev–Trinajstić information content (AvgIpc) is 3.45. The van der Waals surface area contributed by atoms with Gasteiger partial charge in [0.05, 0.1) is 11.3 Å². The molecule has 0 unspecified atom stereocenters. The van der Waals surface area contributed by atoms with Gasteiger partial charge in [0, 0.05) is 16.8 Å². The smallest absolute Gasteiger partial charge is 0.335 e. The molecule has 1 aromatic heterocycles. The Kier molecular flexibility index (Phi) is 5.32. The van der Waals surface area contributed by atoms with E-state index in [4.69, 9.17) is 4.42 Å². The molecular formula is C28H19NO5. The number of rotatable bonds is 5. The van der Waals surface area contributed by atoms with Crippen molar-refractivity contribution in [3.63, 3.8) is 0 Å². The molecule has 6 heteroatoms. The molecule has 0 saturated carbocycles. The Morgan fingerprint density at radius 1 is 0.824 bits per heavy atom. The Balaban J connectivity index is 1.52. The molecule has 2 heterocycles. The zero-order chi connectivity index (χ0) is 23.7. The summed E-state index contributed by atoms with van der Waals surface area (Å²) in [5, 5.41) is 18.7. The number of furan rings is 1. The van der Waals surface area contributed by atoms with Crippen molar-refractivity contribution in [2.24, 2.45) is 0 Å². The van der Waals surface area contributed by atoms with Gasteiger partial charge in [-0.15, -0.1) is 0 Å². The molecule has 2 N–H and O–H groups in total. The van der Waals surface area contributed by atoms with Crippen molar-refractivity contribution in [2.45, 2.75) is 0 Å². The van der Waals surface area contributed by atoms with E-state index in [-0.39, 0.29) is 17.2 Å². The number of nitrogens with zero attached hydrogens (tertiary/aromatic N) is 1. The fourth-order valence-electron chi connectivity index (χ4n) is 3.81. The van der Waals surface area contributed by atoms with Crippen LogP contribution < -0.4 is 4.90 Å². The topological polar surface area (TPSA) is 91.0 Å². The van der Waals surface area contributed by atoms with Gasteiger partial charge in [0.25, 0.3) is 5.91 Å². The maximum absolute atomic E-state index is 13.4. The van der Waals surface area contributed by atoms with E-state index in [0.29, 0.717) is 28.5 Å². The second-order valence-electron chi connectivity index (χ2n) is 7.74. The van der Waals surface area contributed by atoms with Crippen molar-refractivity contribution in [3.8, 4) is 17.1 Å². The van der Waals surface area contributed by atoms with Gasteiger partial charge in [-0.05, 0) is 78.4 Å². The van der Waals surface area contributed by atoms with Gasteiger partial charge in [0.1, 0.15) is 17.3 Å². The van der Waals surface area contributed by atoms with Crippen LogP contribution in [0.5, 0.6) is 5.75 Å². The van der Waals surface area contributed by atoms with Gasteiger partial charge in [-0.3, -0.25) is 9.69 Å². The van der Waals surface area contributed by atoms with Crippen LogP contribution in [-0.4, -0.2) is 22.1 Å². The standard InChI is InChI=1S/C28H19NO5/c30-23-12-8-19(9-13-23)26-15-14-24(34-26)16-21-17-25(18-4-2-1-3-5-18)29(27(21)31)22-10-6-20(7-11-22)28(32)33/h1-17,30H,(H,32,33)/b21-16+. The summed E-state index contributed by atoms with van der Waals surface area (Å²) in [6.45, 7) is 0. The van der Waals surface area contributed by atoms with Crippen LogP contribution in [0.4, 0.5) is 5.69 Å². The SMILES string of the molecule is O=C(O)c1ccc(N2C(=O)/C(=C/c3ccc(-c4ccc(O)cc4)o3)C=C2c2ccccc2)cc1. The van der Waals surface area contributed by atoms with Crippen LogP contribution in [0.15, 0.2) is 107 Å². The van der Waals surface area contributed by atoms with Gasteiger partial charge in [-0.1, -0.05) is 30.3 Å². The van der Waals surface area contributed by atoms with E-state index in [1.54, 1.807) is 59.5 Å². The third-order valence-corrected chi connectivity index (χ3v) is 5.50. The Hall–Kier alpha value is -4.84. The average molecular weight is 449 g/mol. The first-order chi connectivity index (χ1) is 16.5. The van der Waals surface area contributed by atoms with E-state index < -0.39 is 5.97 Å². The van der Waals surface area contributed by atoms with E-state index in [0.717, 1.165) is 11.1 Å². The van der Waals surface area contributed by atoms with Gasteiger partial charge in [-0.2, -0.15) is 0 Å². The molecule has 0 aliphatic carbocycles. The predicted molar refractivity (Wildman–Crippen MR) is 129 cm³/mol. The highest BCUT2D eigenvalue weighted by Crippen LogP contribution is 2.36. The van der Waals surface area contributed by atoms with Gasteiger partial charge in [0.15, 0.2) is 0 Å². The number of hydrogen-bond acceptors (Lipinski definition) is 4. The molecule has 0 saturated heterocycles. The first-order valence-corrected chi connectivity index (χ1v) is 10.6. The van der Waals surface area contributed by atoms with Gasteiger partial charge < -0.3 is 14.6 Å². The second-order valence-corrected chi connectivity index (χ2v) is 7.74. The lowest BCUT2D eigenvalue weighted by molar-refractivity contribution is -0.113. The lowest BCUT2D eigenvalue weighted by atomic mass is 10.1. The second kappa shape index (κ2) is 8.60. The minimum atomic E-state index is -1.03. The van der Waals surface area contributed by atoms with Gasteiger partial charge >= 0.3 is 5.97 Å². The largest absolute Gasteiger partial charge is 0.508 e. The molecule has 0 spiro atoms. The summed E-state index contributed by atoms with van der Waals surface area (Å²) in [6.07, 6.45) is 3.48. The maximum Gasteiger partial charge on any atom is 0.335 e. The quantitative estimate of drug-likeness (QED) is 0.375. The number of phenolic OH excluding ortho intramolecular Hbond substituents is 1. The van der Waals surface area contributed by atoms with Crippen LogP contribution in [0.2, 0.25) is 0 Å². The lowest BCUT2D eigenvalue weighted by Crippen LogP contribution is -2.25. The van der Waals surface area contributed by atoms with Crippen LogP contribution in [0.3, 0.4) is 0 Å². The molecule has 0 radical (unpaired) electrons. The predicted octanol–water partition coefficient (Wildman–Crippen LogP) is 5.82. The molecule has 5 rings (SSSR count). The lowest BCUT2D eigenvalue weighted by Gasteiger charge is -2.21. The summed E-state index contributed by atoms with van der Waals surface area (Å²) in [5.74, 6) is 0.0264. The van der Waals surface area contributed by atoms with Crippen LogP contribution in [0.1, 0.15) is 21.7 Å². The summed E-state index contributed by atoms with van der Waals surface area (Å²) in [4.78, 5) is 26.2. The molecule has 3 aromatic carbocycles. The molecule has 0 fully saturated rings. The summed E-state index contributed by atoms with van der Waals surface area (Å²) in [7, 11) is 0. The van der Waals surface area contributed by atoms with Gasteiger partial charge in [0.2, 0.25) is 0 Å². The molecule has 0 atom stereocenters. The number of carboxylic acids is 1. The fourth-order valence-corrected chi connectivity index (χ4v) is 3.81. The van der Waals surface area contributed by atoms with E-state index in [9.17, 15) is 19.8 Å². The van der Waals surface area contributed by atoms with Crippen molar-refractivity contribution in [1.29, 1.82) is 0 Å². The van der Waals surface area contributed by atoms with Crippen LogP contribution in [0, 0.1) is 0 Å². The Morgan fingerprint density at radius 2 is 1.53 bits per heavy atom. The number of carboxylic acid groups (broad SMARTS) is 1. The van der Waals surface area contributed by atoms with Crippen LogP contribution >= 0.6 is 0 Å². The van der Waals surface area contributed by atoms with Crippen molar-refractivity contribution >= 4 is 29.3 Å². The first kappa shape index (κ1) is 21.0. The molecule has 1 aliphatic rings. The van der Waals surface area contributed by atoms with Crippen molar-refractivity contribution < 1.29 is 24.2 Å². The summed E-state index contributed by atoms with van der Waals surface area (Å²) in [5.41, 5.74) is 3.50. The Labute approximate surface area is 195 Å². The first-order valence-electron chi connectivity index (χ1n) is 10.6. The summed E-state index contributed by atoms with van der Waals surface area (Å²) >= 11 is 0. The number of carbonyl (C=O) groups excluding carboxylic acids is 1. The van der Waals surface area contributed by atoms with Crippen molar-refractivity contribution in [2.75, 3.05) is 4.90 Å². The van der Waals surface area contributed by atoms with Crippen LogP contribution in [-0.2, 0) is 4.79 Å². The Bertz CT molecular complexity index is 1430. The number of hydrogen-bond donors (Lipinski definition) is 2. The zero-order valence-corrected chi connectivity index (χ0v) is 17.9. The number of aromatic hydroxyl groups is 1. The van der Waals surface area contributed by atoms with Gasteiger partial charge in [-0.25, -0.2) is 4.79 Å². The van der Waals surface area contributed by atoms with E-state index >= 15 is 0 Å². The normalized spacial score (nSPS) is 14.5.